The number of aliphatic hydroxyl groups excluding tert-OH is 1. The molecular weight excluding hydrogens is 286 g/mol. The third kappa shape index (κ3) is 4.27. The van der Waals surface area contributed by atoms with Crippen molar-refractivity contribution in [3.63, 3.8) is 0 Å². The molecule has 1 atom stereocenters. The van der Waals surface area contributed by atoms with E-state index in [9.17, 15) is 5.11 Å². The Labute approximate surface area is 140 Å². The zero-order chi connectivity index (χ0) is 16.1. The highest BCUT2D eigenvalue weighted by Gasteiger charge is 2.45. The molecule has 0 aromatic heterocycles. The SMILES string of the molecule is NCCC(O)c1cccc(OCC2(C3CC3)CCCCCC2)c1. The van der Waals surface area contributed by atoms with Crippen molar-refractivity contribution in [2.24, 2.45) is 17.1 Å². The summed E-state index contributed by atoms with van der Waals surface area (Å²) >= 11 is 0. The summed E-state index contributed by atoms with van der Waals surface area (Å²) in [6, 6.07) is 7.92. The van der Waals surface area contributed by atoms with Crippen molar-refractivity contribution < 1.29 is 9.84 Å². The third-order valence-corrected chi connectivity index (χ3v) is 5.75. The number of benzene rings is 1. The molecule has 1 aromatic carbocycles. The van der Waals surface area contributed by atoms with Crippen LogP contribution in [0.2, 0.25) is 0 Å². The Balaban J connectivity index is 1.65. The van der Waals surface area contributed by atoms with E-state index in [1.807, 2.05) is 24.3 Å². The van der Waals surface area contributed by atoms with Crippen LogP contribution in [-0.4, -0.2) is 18.3 Å². The van der Waals surface area contributed by atoms with Gasteiger partial charge in [0.05, 0.1) is 12.7 Å². The maximum absolute atomic E-state index is 10.1. The second-order valence-corrected chi connectivity index (χ2v) is 7.51. The molecule has 3 rings (SSSR count). The van der Waals surface area contributed by atoms with Gasteiger partial charge in [0.25, 0.3) is 0 Å². The monoisotopic (exact) mass is 317 g/mol. The van der Waals surface area contributed by atoms with Gasteiger partial charge in [-0.05, 0) is 62.3 Å². The fraction of sp³-hybridized carbons (Fsp3) is 0.700. The van der Waals surface area contributed by atoms with Crippen molar-refractivity contribution in [2.45, 2.75) is 63.9 Å². The Bertz CT molecular complexity index is 490. The molecule has 2 saturated carbocycles. The lowest BCUT2D eigenvalue weighted by Crippen LogP contribution is -2.30. The van der Waals surface area contributed by atoms with E-state index in [1.54, 1.807) is 0 Å². The molecule has 2 aliphatic carbocycles. The average molecular weight is 317 g/mol. The van der Waals surface area contributed by atoms with Crippen LogP contribution in [-0.2, 0) is 0 Å². The van der Waals surface area contributed by atoms with E-state index in [1.165, 1.54) is 51.4 Å². The van der Waals surface area contributed by atoms with E-state index in [-0.39, 0.29) is 0 Å². The molecule has 2 fully saturated rings. The lowest BCUT2D eigenvalue weighted by Gasteiger charge is -2.33. The second-order valence-electron chi connectivity index (χ2n) is 7.51. The molecule has 0 saturated heterocycles. The molecule has 2 aliphatic rings. The van der Waals surface area contributed by atoms with Crippen molar-refractivity contribution in [2.75, 3.05) is 13.2 Å². The van der Waals surface area contributed by atoms with Gasteiger partial charge in [0.2, 0.25) is 0 Å². The molecule has 23 heavy (non-hydrogen) atoms. The van der Waals surface area contributed by atoms with Crippen LogP contribution in [0, 0.1) is 11.3 Å². The molecule has 3 nitrogen and oxygen atoms in total. The number of nitrogens with two attached hydrogens (primary N) is 1. The van der Waals surface area contributed by atoms with Gasteiger partial charge in [-0.2, -0.15) is 0 Å². The lowest BCUT2D eigenvalue weighted by molar-refractivity contribution is 0.0989. The minimum atomic E-state index is -0.487. The van der Waals surface area contributed by atoms with Crippen LogP contribution in [0.1, 0.15) is 69.5 Å². The number of ether oxygens (including phenoxy) is 1. The zero-order valence-electron chi connectivity index (χ0n) is 14.2. The molecule has 0 aliphatic heterocycles. The van der Waals surface area contributed by atoms with Gasteiger partial charge < -0.3 is 15.6 Å². The first kappa shape index (κ1) is 16.8. The summed E-state index contributed by atoms with van der Waals surface area (Å²) in [5, 5.41) is 10.1. The van der Waals surface area contributed by atoms with Gasteiger partial charge in [-0.1, -0.05) is 37.8 Å². The van der Waals surface area contributed by atoms with Crippen LogP contribution in [0.3, 0.4) is 0 Å². The third-order valence-electron chi connectivity index (χ3n) is 5.75. The maximum atomic E-state index is 10.1. The molecule has 3 heteroatoms. The van der Waals surface area contributed by atoms with E-state index < -0.39 is 6.10 Å². The number of hydrogen-bond acceptors (Lipinski definition) is 3. The van der Waals surface area contributed by atoms with E-state index in [4.69, 9.17) is 10.5 Å². The smallest absolute Gasteiger partial charge is 0.119 e. The second kappa shape index (κ2) is 7.67. The first-order valence-electron chi connectivity index (χ1n) is 9.34. The molecule has 1 aromatic rings. The van der Waals surface area contributed by atoms with Gasteiger partial charge in [-0.3, -0.25) is 0 Å². The van der Waals surface area contributed by atoms with Gasteiger partial charge in [-0.15, -0.1) is 0 Å². The minimum Gasteiger partial charge on any atom is -0.493 e. The van der Waals surface area contributed by atoms with E-state index in [0.717, 1.165) is 23.8 Å². The Kier molecular flexibility index (Phi) is 5.60. The molecule has 0 radical (unpaired) electrons. The molecule has 3 N–H and O–H groups in total. The summed E-state index contributed by atoms with van der Waals surface area (Å²) in [7, 11) is 0. The molecule has 1 unspecified atom stereocenters. The van der Waals surface area contributed by atoms with Crippen molar-refractivity contribution in [1.29, 1.82) is 0 Å². The zero-order valence-corrected chi connectivity index (χ0v) is 14.2. The quantitative estimate of drug-likeness (QED) is 0.741. The van der Waals surface area contributed by atoms with Crippen LogP contribution in [0.4, 0.5) is 0 Å². The van der Waals surface area contributed by atoms with Crippen LogP contribution < -0.4 is 10.5 Å². The summed E-state index contributed by atoms with van der Waals surface area (Å²) < 4.78 is 6.23. The van der Waals surface area contributed by atoms with Gasteiger partial charge in [0.15, 0.2) is 0 Å². The van der Waals surface area contributed by atoms with Crippen molar-refractivity contribution in [3.05, 3.63) is 29.8 Å². The number of aliphatic hydroxyl groups is 1. The maximum Gasteiger partial charge on any atom is 0.119 e. The summed E-state index contributed by atoms with van der Waals surface area (Å²) in [4.78, 5) is 0. The Morgan fingerprint density at radius 3 is 2.57 bits per heavy atom. The Morgan fingerprint density at radius 2 is 1.91 bits per heavy atom. The molecule has 0 spiro atoms. The van der Waals surface area contributed by atoms with E-state index in [2.05, 4.69) is 0 Å². The summed E-state index contributed by atoms with van der Waals surface area (Å²) in [5.74, 6) is 1.77. The van der Waals surface area contributed by atoms with Gasteiger partial charge in [0, 0.05) is 5.41 Å². The standard InChI is InChI=1S/C20H31NO2/c21-13-10-19(22)16-6-5-7-18(14-16)23-15-20(17-8-9-17)11-3-1-2-4-12-20/h5-7,14,17,19,22H,1-4,8-13,15,21H2. The molecular formula is C20H31NO2. The molecule has 0 amide bonds. The van der Waals surface area contributed by atoms with Crippen LogP contribution in [0.15, 0.2) is 24.3 Å². The van der Waals surface area contributed by atoms with Crippen LogP contribution in [0.25, 0.3) is 0 Å². The van der Waals surface area contributed by atoms with E-state index in [0.29, 0.717) is 18.4 Å². The molecule has 128 valence electrons. The summed E-state index contributed by atoms with van der Waals surface area (Å²) in [6.07, 6.45) is 11.0. The predicted octanol–water partition coefficient (Wildman–Crippen LogP) is 4.20. The van der Waals surface area contributed by atoms with Crippen LogP contribution >= 0.6 is 0 Å². The van der Waals surface area contributed by atoms with Crippen molar-refractivity contribution in [3.8, 4) is 5.75 Å². The Hall–Kier alpha value is -1.06. The molecule has 0 heterocycles. The Morgan fingerprint density at radius 1 is 1.17 bits per heavy atom. The first-order valence-corrected chi connectivity index (χ1v) is 9.34. The van der Waals surface area contributed by atoms with Gasteiger partial charge in [0.1, 0.15) is 5.75 Å². The number of hydrogen-bond donors (Lipinski definition) is 2. The highest BCUT2D eigenvalue weighted by atomic mass is 16.5. The largest absolute Gasteiger partial charge is 0.493 e. The predicted molar refractivity (Wildman–Crippen MR) is 93.4 cm³/mol. The van der Waals surface area contributed by atoms with Crippen molar-refractivity contribution >= 4 is 0 Å². The highest BCUT2D eigenvalue weighted by molar-refractivity contribution is 5.30. The summed E-state index contributed by atoms with van der Waals surface area (Å²) in [5.41, 5.74) is 6.86. The van der Waals surface area contributed by atoms with Gasteiger partial charge >= 0.3 is 0 Å². The highest BCUT2D eigenvalue weighted by Crippen LogP contribution is 2.53. The van der Waals surface area contributed by atoms with Crippen LogP contribution in [0.5, 0.6) is 5.75 Å². The number of rotatable bonds is 7. The first-order chi connectivity index (χ1) is 11.2. The fourth-order valence-corrected chi connectivity index (χ4v) is 4.16. The fourth-order valence-electron chi connectivity index (χ4n) is 4.16. The van der Waals surface area contributed by atoms with Crippen molar-refractivity contribution in [1.82, 2.24) is 0 Å². The normalized spacial score (nSPS) is 22.3. The summed E-state index contributed by atoms with van der Waals surface area (Å²) in [6.45, 7) is 1.34. The topological polar surface area (TPSA) is 55.5 Å². The van der Waals surface area contributed by atoms with E-state index >= 15 is 0 Å². The minimum absolute atomic E-state index is 0.405. The van der Waals surface area contributed by atoms with Gasteiger partial charge in [-0.25, -0.2) is 0 Å². The molecule has 0 bridgehead atoms. The average Bonchev–Trinajstić information content (AvgIpc) is 3.41. The lowest BCUT2D eigenvalue weighted by atomic mass is 9.76.